The van der Waals surface area contributed by atoms with E-state index < -0.39 is 6.16 Å². The van der Waals surface area contributed by atoms with Gasteiger partial charge in [0.1, 0.15) is 0 Å². The lowest BCUT2D eigenvalue weighted by Gasteiger charge is -2.04. The number of nitrogens with one attached hydrogen (secondary N) is 1. The number of rotatable bonds is 18. The molecule has 0 spiro atoms. The van der Waals surface area contributed by atoms with Gasteiger partial charge < -0.3 is 9.94 Å². The summed E-state index contributed by atoms with van der Waals surface area (Å²) in [6.45, 7) is 2.89. The zero-order valence-electron chi connectivity index (χ0n) is 15.3. The number of hydroxylamine groups is 1. The van der Waals surface area contributed by atoms with Crippen LogP contribution in [0.4, 0.5) is 4.79 Å². The van der Waals surface area contributed by atoms with E-state index in [2.05, 4.69) is 17.2 Å². The monoisotopic (exact) mass is 329 g/mol. The molecule has 0 aliphatic rings. The van der Waals surface area contributed by atoms with Crippen LogP contribution >= 0.6 is 0 Å². The summed E-state index contributed by atoms with van der Waals surface area (Å²) in [4.78, 5) is 14.3. The summed E-state index contributed by atoms with van der Waals surface area (Å²) in [6, 6.07) is 0. The van der Waals surface area contributed by atoms with Gasteiger partial charge in [0.2, 0.25) is 0 Å². The van der Waals surface area contributed by atoms with Crippen LogP contribution in [0, 0.1) is 0 Å². The molecule has 0 fully saturated rings. The Bertz CT molecular complexity index is 247. The van der Waals surface area contributed by atoms with Crippen molar-refractivity contribution in [2.75, 3.05) is 6.54 Å². The van der Waals surface area contributed by atoms with Gasteiger partial charge in [-0.05, 0) is 6.42 Å². The first-order valence-corrected chi connectivity index (χ1v) is 9.90. The molecule has 2 N–H and O–H groups in total. The second kappa shape index (κ2) is 19.3. The van der Waals surface area contributed by atoms with Gasteiger partial charge >= 0.3 is 6.16 Å². The van der Waals surface area contributed by atoms with E-state index >= 15 is 0 Å². The van der Waals surface area contributed by atoms with Crippen LogP contribution in [-0.4, -0.2) is 17.8 Å². The van der Waals surface area contributed by atoms with Gasteiger partial charge in [0.25, 0.3) is 0 Å². The Morgan fingerprint density at radius 3 is 1.39 bits per heavy atom. The average Bonchev–Trinajstić information content (AvgIpc) is 2.53. The highest BCUT2D eigenvalue weighted by molar-refractivity contribution is 5.56. The quantitative estimate of drug-likeness (QED) is 0.224. The summed E-state index contributed by atoms with van der Waals surface area (Å²) in [5, 5.41) is 8.26. The van der Waals surface area contributed by atoms with Crippen molar-refractivity contribution < 1.29 is 14.7 Å². The molecule has 0 bridgehead atoms. The molecule has 0 atom stereocenters. The van der Waals surface area contributed by atoms with Crippen molar-refractivity contribution in [2.24, 2.45) is 0 Å². The molecule has 0 heterocycles. The number of carboxylic acid groups (broad SMARTS) is 1. The SMILES string of the molecule is CCCCCCCCCCCCCCCCCCNOC(=O)O. The molecule has 0 aliphatic heterocycles. The molecule has 0 amide bonds. The Labute approximate surface area is 143 Å². The predicted octanol–water partition coefficient (Wildman–Crippen LogP) is 6.45. The summed E-state index contributed by atoms with van der Waals surface area (Å²) in [5.41, 5.74) is 2.43. The minimum absolute atomic E-state index is 0.616. The van der Waals surface area contributed by atoms with Crippen LogP contribution in [0.5, 0.6) is 0 Å². The molecule has 4 nitrogen and oxygen atoms in total. The predicted molar refractivity (Wildman–Crippen MR) is 96.7 cm³/mol. The summed E-state index contributed by atoms with van der Waals surface area (Å²) in [6.07, 6.45) is 20.3. The standard InChI is InChI=1S/C19H39NO3/c1-2-3-4-5-6-7-8-9-10-11-12-13-14-15-16-17-18-20-23-19(21)22/h20H,2-18H2,1H3,(H,21,22). The Morgan fingerprint density at radius 1 is 0.696 bits per heavy atom. The fraction of sp³-hybridized carbons (Fsp3) is 0.947. The molecule has 0 aromatic heterocycles. The van der Waals surface area contributed by atoms with Crippen molar-refractivity contribution >= 4 is 6.16 Å². The fourth-order valence-corrected chi connectivity index (χ4v) is 2.86. The van der Waals surface area contributed by atoms with E-state index in [0.29, 0.717) is 6.54 Å². The minimum atomic E-state index is -1.26. The minimum Gasteiger partial charge on any atom is -0.448 e. The number of carbonyl (C=O) groups is 1. The maximum absolute atomic E-state index is 10.1. The molecule has 0 aromatic rings. The first-order valence-electron chi connectivity index (χ1n) is 9.90. The second-order valence-electron chi connectivity index (χ2n) is 6.57. The largest absolute Gasteiger partial charge is 0.525 e. The summed E-state index contributed by atoms with van der Waals surface area (Å²) >= 11 is 0. The molecular formula is C19H39NO3. The topological polar surface area (TPSA) is 58.6 Å². The summed E-state index contributed by atoms with van der Waals surface area (Å²) in [7, 11) is 0. The first kappa shape index (κ1) is 22.2. The third kappa shape index (κ3) is 21.2. The first-order chi connectivity index (χ1) is 11.3. The van der Waals surface area contributed by atoms with Gasteiger partial charge in [-0.2, -0.15) is 5.48 Å². The van der Waals surface area contributed by atoms with Crippen LogP contribution in [0.2, 0.25) is 0 Å². The maximum Gasteiger partial charge on any atom is 0.525 e. The number of unbranched alkanes of at least 4 members (excludes halogenated alkanes) is 15. The highest BCUT2D eigenvalue weighted by Crippen LogP contribution is 2.13. The van der Waals surface area contributed by atoms with E-state index in [1.54, 1.807) is 0 Å². The van der Waals surface area contributed by atoms with Gasteiger partial charge in [-0.15, -0.1) is 0 Å². The molecule has 0 saturated carbocycles. The van der Waals surface area contributed by atoms with Crippen LogP contribution in [0.1, 0.15) is 110 Å². The molecule has 0 aromatic carbocycles. The van der Waals surface area contributed by atoms with E-state index in [1.165, 1.54) is 89.9 Å². The average molecular weight is 330 g/mol. The Morgan fingerprint density at radius 2 is 1.04 bits per heavy atom. The van der Waals surface area contributed by atoms with Gasteiger partial charge in [-0.1, -0.05) is 103 Å². The van der Waals surface area contributed by atoms with Gasteiger partial charge in [0, 0.05) is 6.54 Å². The zero-order valence-corrected chi connectivity index (χ0v) is 15.3. The highest BCUT2D eigenvalue weighted by atomic mass is 16.8. The lowest BCUT2D eigenvalue weighted by atomic mass is 10.0. The third-order valence-corrected chi connectivity index (χ3v) is 4.29. The van der Waals surface area contributed by atoms with Crippen molar-refractivity contribution in [2.45, 2.75) is 110 Å². The Balaban J connectivity index is 2.96. The molecule has 138 valence electrons. The third-order valence-electron chi connectivity index (χ3n) is 4.29. The van der Waals surface area contributed by atoms with Crippen LogP contribution in [0.15, 0.2) is 0 Å². The Kier molecular flexibility index (Phi) is 18.6. The highest BCUT2D eigenvalue weighted by Gasteiger charge is 1.96. The van der Waals surface area contributed by atoms with E-state index in [9.17, 15) is 4.79 Å². The normalized spacial score (nSPS) is 10.8. The van der Waals surface area contributed by atoms with Crippen molar-refractivity contribution in [1.29, 1.82) is 0 Å². The zero-order chi connectivity index (χ0) is 17.0. The summed E-state index contributed by atoms with van der Waals surface area (Å²) in [5.74, 6) is 0. The molecule has 0 saturated heterocycles. The van der Waals surface area contributed by atoms with Gasteiger partial charge in [0.15, 0.2) is 0 Å². The van der Waals surface area contributed by atoms with Gasteiger partial charge in [-0.3, -0.25) is 0 Å². The fourth-order valence-electron chi connectivity index (χ4n) is 2.86. The van der Waals surface area contributed by atoms with E-state index in [0.717, 1.165) is 12.8 Å². The van der Waals surface area contributed by atoms with Crippen molar-refractivity contribution in [3.05, 3.63) is 0 Å². The van der Waals surface area contributed by atoms with Gasteiger partial charge in [0.05, 0.1) is 0 Å². The molecular weight excluding hydrogens is 290 g/mol. The lowest BCUT2D eigenvalue weighted by Crippen LogP contribution is -2.19. The van der Waals surface area contributed by atoms with E-state index in [-0.39, 0.29) is 0 Å². The van der Waals surface area contributed by atoms with E-state index in [4.69, 9.17) is 5.11 Å². The molecule has 0 rings (SSSR count). The maximum atomic E-state index is 10.1. The van der Waals surface area contributed by atoms with Crippen LogP contribution in [0.25, 0.3) is 0 Å². The number of hydrogen-bond donors (Lipinski definition) is 2. The van der Waals surface area contributed by atoms with Crippen molar-refractivity contribution in [1.82, 2.24) is 5.48 Å². The smallest absolute Gasteiger partial charge is 0.448 e. The van der Waals surface area contributed by atoms with Crippen molar-refractivity contribution in [3.63, 3.8) is 0 Å². The number of hydrogen-bond acceptors (Lipinski definition) is 3. The molecule has 4 heteroatoms. The molecule has 23 heavy (non-hydrogen) atoms. The van der Waals surface area contributed by atoms with Gasteiger partial charge in [-0.25, -0.2) is 4.79 Å². The van der Waals surface area contributed by atoms with Crippen LogP contribution in [-0.2, 0) is 4.84 Å². The van der Waals surface area contributed by atoms with Crippen molar-refractivity contribution in [3.8, 4) is 0 Å². The summed E-state index contributed by atoms with van der Waals surface area (Å²) < 4.78 is 0. The molecule has 0 radical (unpaired) electrons. The van der Waals surface area contributed by atoms with Crippen LogP contribution in [0.3, 0.4) is 0 Å². The molecule has 0 unspecified atom stereocenters. The van der Waals surface area contributed by atoms with Crippen LogP contribution < -0.4 is 5.48 Å². The van der Waals surface area contributed by atoms with E-state index in [1.807, 2.05) is 0 Å². The second-order valence-corrected chi connectivity index (χ2v) is 6.57. The molecule has 0 aliphatic carbocycles. The Hall–Kier alpha value is -0.770. The lowest BCUT2D eigenvalue weighted by molar-refractivity contribution is 0.0436.